The Morgan fingerprint density at radius 3 is 1.04 bits per heavy atom. The number of hydrogen-bond acceptors (Lipinski definition) is 4. The van der Waals surface area contributed by atoms with Crippen molar-refractivity contribution < 1.29 is 9.59 Å². The van der Waals surface area contributed by atoms with Crippen molar-refractivity contribution in [1.82, 2.24) is 0 Å². The van der Waals surface area contributed by atoms with Crippen LogP contribution in [0.3, 0.4) is 0 Å². The van der Waals surface area contributed by atoms with Gasteiger partial charge in [-0.1, -0.05) is 84.9 Å². The Balaban J connectivity index is 0.000000423. The van der Waals surface area contributed by atoms with Gasteiger partial charge in [0.1, 0.15) is 0 Å². The van der Waals surface area contributed by atoms with Gasteiger partial charge in [-0.3, -0.25) is 0 Å². The molecule has 2 N–H and O–H groups in total. The molecule has 3 rings (SSSR count). The number of hydrogen-bond donors (Lipinski definition) is 2. The molecule has 0 aliphatic rings. The third-order valence-electron chi connectivity index (χ3n) is 3.10. The summed E-state index contributed by atoms with van der Waals surface area (Å²) in [5.41, 5.74) is 5.09. The third kappa shape index (κ3) is 5.66. The monoisotopic (exact) mass is 316 g/mol. The van der Waals surface area contributed by atoms with Gasteiger partial charge < -0.3 is 0 Å². The highest BCUT2D eigenvalue weighted by Crippen LogP contribution is 2.31. The van der Waals surface area contributed by atoms with Gasteiger partial charge in [0.25, 0.3) is 0 Å². The average Bonchev–Trinajstić information content (AvgIpc) is 2.65. The van der Waals surface area contributed by atoms with Gasteiger partial charge in [-0.25, -0.2) is 20.4 Å². The van der Waals surface area contributed by atoms with Crippen molar-refractivity contribution in [1.29, 1.82) is 10.8 Å². The highest BCUT2D eigenvalue weighted by atomic mass is 16.1. The van der Waals surface area contributed by atoms with E-state index < -0.39 is 0 Å². The summed E-state index contributed by atoms with van der Waals surface area (Å²) >= 11 is 0. The Hall–Kier alpha value is -3.58. The van der Waals surface area contributed by atoms with Crippen LogP contribution in [-0.4, -0.2) is 12.2 Å². The summed E-state index contributed by atoms with van der Waals surface area (Å²) in [4.78, 5) is 16.7. The lowest BCUT2D eigenvalue weighted by Gasteiger charge is -2.09. The Kier molecular flexibility index (Phi) is 8.50. The number of rotatable bonds is 2. The van der Waals surface area contributed by atoms with Gasteiger partial charge in [0.05, 0.1) is 0 Å². The number of carbonyl (C=O) groups excluding carboxylic acids is 2. The maximum absolute atomic E-state index is 8.35. The Morgan fingerprint density at radius 2 is 0.750 bits per heavy atom. The van der Waals surface area contributed by atoms with Crippen molar-refractivity contribution in [3.8, 4) is 22.3 Å². The van der Waals surface area contributed by atoms with Crippen LogP contribution in [0.2, 0.25) is 0 Å². The molecule has 24 heavy (non-hydrogen) atoms. The lowest BCUT2D eigenvalue weighted by Crippen LogP contribution is -1.83. The summed E-state index contributed by atoms with van der Waals surface area (Å²) in [5.74, 6) is 0. The third-order valence-corrected chi connectivity index (χ3v) is 3.10. The van der Waals surface area contributed by atoms with Gasteiger partial charge in [-0.2, -0.15) is 0 Å². The van der Waals surface area contributed by atoms with E-state index in [-0.39, 0.29) is 0 Å². The van der Waals surface area contributed by atoms with E-state index >= 15 is 0 Å². The van der Waals surface area contributed by atoms with Crippen molar-refractivity contribution in [3.63, 3.8) is 0 Å². The van der Waals surface area contributed by atoms with Crippen molar-refractivity contribution >= 4 is 12.2 Å². The van der Waals surface area contributed by atoms with E-state index in [1.807, 2.05) is 0 Å². The summed E-state index contributed by atoms with van der Waals surface area (Å²) in [6.45, 7) is 0. The molecule has 4 nitrogen and oxygen atoms in total. The molecule has 0 aromatic heterocycles. The second-order valence-electron chi connectivity index (χ2n) is 4.48. The van der Waals surface area contributed by atoms with Gasteiger partial charge in [0, 0.05) is 0 Å². The van der Waals surface area contributed by atoms with E-state index in [9.17, 15) is 0 Å². The summed E-state index contributed by atoms with van der Waals surface area (Å²) in [6.07, 6.45) is 1.50. The minimum atomic E-state index is 0.750. The fourth-order valence-electron chi connectivity index (χ4n) is 2.22. The topological polar surface area (TPSA) is 81.8 Å². The van der Waals surface area contributed by atoms with E-state index in [1.165, 1.54) is 22.3 Å². The Morgan fingerprint density at radius 1 is 0.500 bits per heavy atom. The van der Waals surface area contributed by atoms with Crippen molar-refractivity contribution in [3.05, 3.63) is 84.9 Å². The zero-order valence-electron chi connectivity index (χ0n) is 12.9. The molecule has 0 radical (unpaired) electrons. The minimum Gasteiger partial charge on any atom is -0.222 e. The zero-order chi connectivity index (χ0) is 17.6. The highest BCUT2D eigenvalue weighted by Gasteiger charge is 2.05. The van der Waals surface area contributed by atoms with Crippen molar-refractivity contribution in [2.45, 2.75) is 0 Å². The van der Waals surface area contributed by atoms with Gasteiger partial charge in [0.2, 0.25) is 12.2 Å². The maximum atomic E-state index is 8.35. The summed E-state index contributed by atoms with van der Waals surface area (Å²) in [7, 11) is 0. The van der Waals surface area contributed by atoms with Crippen LogP contribution < -0.4 is 0 Å². The highest BCUT2D eigenvalue weighted by molar-refractivity contribution is 5.83. The fraction of sp³-hybridized carbons (Fsp3) is 0. The molecule has 3 aromatic carbocycles. The molecule has 0 spiro atoms. The number of benzene rings is 3. The van der Waals surface area contributed by atoms with Crippen molar-refractivity contribution in [2.24, 2.45) is 0 Å². The van der Waals surface area contributed by atoms with Crippen LogP contribution in [0.25, 0.3) is 22.3 Å². The molecule has 0 amide bonds. The van der Waals surface area contributed by atoms with Crippen LogP contribution in [0.4, 0.5) is 0 Å². The van der Waals surface area contributed by atoms with Crippen LogP contribution in [0.15, 0.2) is 84.9 Å². The lowest BCUT2D eigenvalue weighted by molar-refractivity contribution is 0.562. The van der Waals surface area contributed by atoms with E-state index in [0.29, 0.717) is 0 Å². The van der Waals surface area contributed by atoms with Gasteiger partial charge >= 0.3 is 0 Å². The molecule has 4 heteroatoms. The normalized spacial score (nSPS) is 8.33. The smallest absolute Gasteiger partial charge is 0.222 e. The summed E-state index contributed by atoms with van der Waals surface area (Å²) < 4.78 is 0. The molecular weight excluding hydrogens is 300 g/mol. The molecule has 0 aliphatic heterocycles. The van der Waals surface area contributed by atoms with Crippen LogP contribution in [-0.2, 0) is 9.59 Å². The van der Waals surface area contributed by atoms with E-state index in [2.05, 4.69) is 84.9 Å². The first-order valence-electron chi connectivity index (χ1n) is 7.06. The number of isocyanates is 2. The molecule has 0 bridgehead atoms. The first-order valence-corrected chi connectivity index (χ1v) is 7.06. The molecule has 0 heterocycles. The van der Waals surface area contributed by atoms with E-state index in [0.717, 1.165) is 12.2 Å². The molecule has 0 fully saturated rings. The summed E-state index contributed by atoms with van der Waals surface area (Å²) in [6, 6.07) is 29.6. The van der Waals surface area contributed by atoms with Gasteiger partial charge in [-0.05, 0) is 22.3 Å². The number of nitrogens with one attached hydrogen (secondary N) is 2. The zero-order valence-corrected chi connectivity index (χ0v) is 12.9. The van der Waals surface area contributed by atoms with Crippen LogP contribution in [0, 0.1) is 10.8 Å². The van der Waals surface area contributed by atoms with Gasteiger partial charge in [0.15, 0.2) is 0 Å². The molecule has 0 unspecified atom stereocenters. The first kappa shape index (κ1) is 18.5. The van der Waals surface area contributed by atoms with E-state index in [1.54, 1.807) is 0 Å². The molecule has 0 saturated carbocycles. The van der Waals surface area contributed by atoms with Crippen LogP contribution in [0.1, 0.15) is 0 Å². The van der Waals surface area contributed by atoms with Crippen LogP contribution >= 0.6 is 0 Å². The minimum absolute atomic E-state index is 0.750. The standard InChI is InChI=1S/C18H14.2CHNO/c1-3-9-15(10-4-1)17-13-7-8-14-18(17)16-11-5-2-6-12-16;2*2-1-3/h1-14H;2*2H. The van der Waals surface area contributed by atoms with E-state index in [4.69, 9.17) is 20.4 Å². The lowest BCUT2D eigenvalue weighted by atomic mass is 9.95. The molecule has 118 valence electrons. The quantitative estimate of drug-likeness (QED) is 0.525. The van der Waals surface area contributed by atoms with Gasteiger partial charge in [-0.15, -0.1) is 0 Å². The van der Waals surface area contributed by atoms with Crippen LogP contribution in [0.5, 0.6) is 0 Å². The first-order chi connectivity index (χ1) is 11.8. The van der Waals surface area contributed by atoms with Crippen molar-refractivity contribution in [2.75, 3.05) is 0 Å². The maximum Gasteiger partial charge on any atom is 0.231 e. The SMILES string of the molecule is N=C=O.N=C=O.c1ccc(-c2ccccc2-c2ccccc2)cc1. The molecule has 0 saturated heterocycles. The molecular formula is C20H16N2O2. The largest absolute Gasteiger partial charge is 0.231 e. The summed E-state index contributed by atoms with van der Waals surface area (Å²) in [5, 5.41) is 10.8. The Labute approximate surface area is 140 Å². The second kappa shape index (κ2) is 11.0. The second-order valence-corrected chi connectivity index (χ2v) is 4.48. The average molecular weight is 316 g/mol. The molecule has 0 aliphatic carbocycles. The molecule has 3 aromatic rings. The fourth-order valence-corrected chi connectivity index (χ4v) is 2.22. The predicted molar refractivity (Wildman–Crippen MR) is 94.1 cm³/mol. The predicted octanol–water partition coefficient (Wildman–Crippen LogP) is 4.82. The Bertz CT molecular complexity index is 733. The molecule has 0 atom stereocenters.